The molecule has 0 aliphatic carbocycles. The van der Waals surface area contributed by atoms with Gasteiger partial charge in [-0.05, 0) is 31.9 Å². The molecule has 1 aromatic carbocycles. The zero-order valence-electron chi connectivity index (χ0n) is 10.9. The number of ketones is 1. The molecular formula is C14H13ClFNO3. The lowest BCUT2D eigenvalue weighted by molar-refractivity contribution is -0.114. The number of fused-ring (bicyclic) bond motifs is 1. The van der Waals surface area contributed by atoms with E-state index in [1.54, 1.807) is 0 Å². The first-order valence-corrected chi connectivity index (χ1v) is 6.86. The highest BCUT2D eigenvalue weighted by atomic mass is 35.5. The number of benzene rings is 1. The maximum Gasteiger partial charge on any atom is 0.299 e. The van der Waals surface area contributed by atoms with Crippen LogP contribution < -0.4 is 4.90 Å². The molecule has 0 saturated carbocycles. The molecule has 4 nitrogen and oxygen atoms in total. The molecule has 2 unspecified atom stereocenters. The van der Waals surface area contributed by atoms with E-state index in [4.69, 9.17) is 16.3 Å². The third kappa shape index (κ3) is 2.11. The quantitative estimate of drug-likeness (QED) is 0.788. The number of carbonyl (C=O) groups excluding carboxylic acids is 2. The van der Waals surface area contributed by atoms with E-state index in [9.17, 15) is 14.0 Å². The second-order valence-electron chi connectivity index (χ2n) is 5.17. The lowest BCUT2D eigenvalue weighted by Gasteiger charge is -2.21. The van der Waals surface area contributed by atoms with Crippen molar-refractivity contribution in [3.05, 3.63) is 28.5 Å². The summed E-state index contributed by atoms with van der Waals surface area (Å²) in [6.45, 7) is 2.23. The summed E-state index contributed by atoms with van der Waals surface area (Å²) in [6, 6.07) is 2.35. The zero-order valence-corrected chi connectivity index (χ0v) is 11.6. The van der Waals surface area contributed by atoms with Gasteiger partial charge in [0.1, 0.15) is 5.82 Å². The summed E-state index contributed by atoms with van der Waals surface area (Å²) in [5.41, 5.74) is 0.442. The van der Waals surface area contributed by atoms with E-state index in [2.05, 4.69) is 0 Å². The molecule has 2 atom stereocenters. The first-order valence-electron chi connectivity index (χ1n) is 6.48. The molecule has 0 bridgehead atoms. The fraction of sp³-hybridized carbons (Fsp3) is 0.429. The molecule has 0 N–H and O–H groups in total. The second kappa shape index (κ2) is 4.82. The van der Waals surface area contributed by atoms with Gasteiger partial charge in [-0.1, -0.05) is 11.6 Å². The number of hydrogen-bond acceptors (Lipinski definition) is 3. The van der Waals surface area contributed by atoms with Crippen molar-refractivity contribution in [1.82, 2.24) is 0 Å². The molecule has 1 amide bonds. The number of hydrogen-bond donors (Lipinski definition) is 0. The van der Waals surface area contributed by atoms with Crippen LogP contribution in [0.1, 0.15) is 30.1 Å². The van der Waals surface area contributed by atoms with Crippen LogP contribution in [0.4, 0.5) is 10.1 Å². The summed E-state index contributed by atoms with van der Waals surface area (Å²) in [5.74, 6) is -1.93. The summed E-state index contributed by atoms with van der Waals surface area (Å²) in [6.07, 6.45) is 1.77. The van der Waals surface area contributed by atoms with Crippen molar-refractivity contribution in [3.8, 4) is 0 Å². The summed E-state index contributed by atoms with van der Waals surface area (Å²) < 4.78 is 19.2. The largest absolute Gasteiger partial charge is 0.373 e. The first kappa shape index (κ1) is 13.5. The fourth-order valence-corrected chi connectivity index (χ4v) is 2.86. The van der Waals surface area contributed by atoms with Gasteiger partial charge < -0.3 is 9.64 Å². The smallest absolute Gasteiger partial charge is 0.299 e. The van der Waals surface area contributed by atoms with E-state index in [1.165, 1.54) is 11.0 Å². The number of anilines is 1. The summed E-state index contributed by atoms with van der Waals surface area (Å²) >= 11 is 5.66. The molecule has 106 valence electrons. The highest BCUT2D eigenvalue weighted by Crippen LogP contribution is 2.34. The van der Waals surface area contributed by atoms with Gasteiger partial charge in [0.25, 0.3) is 11.7 Å². The van der Waals surface area contributed by atoms with Crippen molar-refractivity contribution in [2.24, 2.45) is 0 Å². The SMILES string of the molecule is CC1CCC(CN2C(=O)C(=O)c3cc(Cl)c(F)cc32)O1. The highest BCUT2D eigenvalue weighted by Gasteiger charge is 2.39. The van der Waals surface area contributed by atoms with E-state index >= 15 is 0 Å². The number of ether oxygens (including phenoxy) is 1. The van der Waals surface area contributed by atoms with Crippen LogP contribution in [0.15, 0.2) is 12.1 Å². The van der Waals surface area contributed by atoms with Crippen molar-refractivity contribution in [1.29, 1.82) is 0 Å². The van der Waals surface area contributed by atoms with Crippen LogP contribution >= 0.6 is 11.6 Å². The molecule has 0 aromatic heterocycles. The fourth-order valence-electron chi connectivity index (χ4n) is 2.69. The van der Waals surface area contributed by atoms with Crippen LogP contribution in [0.2, 0.25) is 5.02 Å². The minimum absolute atomic E-state index is 0.119. The molecule has 2 aliphatic heterocycles. The van der Waals surface area contributed by atoms with E-state index in [0.29, 0.717) is 0 Å². The molecule has 20 heavy (non-hydrogen) atoms. The van der Waals surface area contributed by atoms with Crippen molar-refractivity contribution in [2.45, 2.75) is 32.0 Å². The molecule has 2 aliphatic rings. The maximum absolute atomic E-state index is 13.6. The van der Waals surface area contributed by atoms with Crippen molar-refractivity contribution < 1.29 is 18.7 Å². The van der Waals surface area contributed by atoms with Crippen LogP contribution in [-0.2, 0) is 9.53 Å². The van der Waals surface area contributed by atoms with Gasteiger partial charge >= 0.3 is 0 Å². The molecule has 0 radical (unpaired) electrons. The van der Waals surface area contributed by atoms with Gasteiger partial charge in [0.05, 0.1) is 35.0 Å². The zero-order chi connectivity index (χ0) is 14.4. The Morgan fingerprint density at radius 2 is 2.15 bits per heavy atom. The molecule has 1 aromatic rings. The topological polar surface area (TPSA) is 46.6 Å². The minimum Gasteiger partial charge on any atom is -0.373 e. The molecule has 1 saturated heterocycles. The van der Waals surface area contributed by atoms with Crippen LogP contribution in [0.3, 0.4) is 0 Å². The number of halogens is 2. The lowest BCUT2D eigenvalue weighted by atomic mass is 10.1. The van der Waals surface area contributed by atoms with Gasteiger partial charge in [-0.25, -0.2) is 4.39 Å². The predicted octanol–water partition coefficient (Wildman–Crippen LogP) is 2.58. The predicted molar refractivity (Wildman–Crippen MR) is 71.7 cm³/mol. The average molecular weight is 298 g/mol. The van der Waals surface area contributed by atoms with Gasteiger partial charge in [0.2, 0.25) is 0 Å². The van der Waals surface area contributed by atoms with Crippen LogP contribution in [0.5, 0.6) is 0 Å². The molecule has 0 spiro atoms. The Morgan fingerprint density at radius 3 is 2.80 bits per heavy atom. The van der Waals surface area contributed by atoms with Crippen LogP contribution in [-0.4, -0.2) is 30.4 Å². The highest BCUT2D eigenvalue weighted by molar-refractivity contribution is 6.52. The molecule has 1 fully saturated rings. The molecule has 2 heterocycles. The summed E-state index contributed by atoms with van der Waals surface area (Å²) in [5, 5.41) is -0.155. The Labute approximate surface area is 120 Å². The normalized spacial score (nSPS) is 25.4. The van der Waals surface area contributed by atoms with Crippen molar-refractivity contribution in [3.63, 3.8) is 0 Å². The second-order valence-corrected chi connectivity index (χ2v) is 5.58. The van der Waals surface area contributed by atoms with E-state index in [1.807, 2.05) is 6.92 Å². The van der Waals surface area contributed by atoms with E-state index in [-0.39, 0.29) is 35.0 Å². The Balaban J connectivity index is 1.92. The Bertz CT molecular complexity index is 604. The number of nitrogens with zero attached hydrogens (tertiary/aromatic N) is 1. The van der Waals surface area contributed by atoms with E-state index < -0.39 is 17.5 Å². The minimum atomic E-state index is -0.648. The van der Waals surface area contributed by atoms with Crippen molar-refractivity contribution in [2.75, 3.05) is 11.4 Å². The van der Waals surface area contributed by atoms with Gasteiger partial charge in [0.15, 0.2) is 0 Å². The third-order valence-electron chi connectivity index (χ3n) is 3.72. The number of Topliss-reactive ketones (excluding diaryl/α,β-unsaturated/α-hetero) is 1. The molecule has 6 heteroatoms. The third-order valence-corrected chi connectivity index (χ3v) is 4.01. The van der Waals surface area contributed by atoms with E-state index in [0.717, 1.165) is 18.9 Å². The molecular weight excluding hydrogens is 285 g/mol. The Kier molecular flexibility index (Phi) is 3.26. The first-order chi connectivity index (χ1) is 9.47. The lowest BCUT2D eigenvalue weighted by Crippen LogP contribution is -2.36. The summed E-state index contributed by atoms with van der Waals surface area (Å²) in [7, 11) is 0. The van der Waals surface area contributed by atoms with Gasteiger partial charge in [0, 0.05) is 0 Å². The Morgan fingerprint density at radius 1 is 1.40 bits per heavy atom. The van der Waals surface area contributed by atoms with Gasteiger partial charge in [-0.2, -0.15) is 0 Å². The van der Waals surface area contributed by atoms with Crippen molar-refractivity contribution >= 4 is 29.0 Å². The number of carbonyl (C=O) groups is 2. The maximum atomic E-state index is 13.6. The van der Waals surface area contributed by atoms with Crippen LogP contribution in [0.25, 0.3) is 0 Å². The standard InChI is InChI=1S/C14H13ClFNO3/c1-7-2-3-8(20-7)6-17-12-5-11(16)10(15)4-9(12)13(18)14(17)19/h4-5,7-8H,2-3,6H2,1H3. The van der Waals surface area contributed by atoms with Gasteiger partial charge in [-0.15, -0.1) is 0 Å². The van der Waals surface area contributed by atoms with Crippen LogP contribution in [0, 0.1) is 5.82 Å². The van der Waals surface area contributed by atoms with Gasteiger partial charge in [-0.3, -0.25) is 9.59 Å². The average Bonchev–Trinajstić information content (AvgIpc) is 2.90. The summed E-state index contributed by atoms with van der Waals surface area (Å²) in [4.78, 5) is 25.2. The number of rotatable bonds is 2. The molecule has 3 rings (SSSR count). The Hall–Kier alpha value is -1.46. The number of amides is 1. The monoisotopic (exact) mass is 297 g/mol.